The van der Waals surface area contributed by atoms with Gasteiger partial charge in [-0.15, -0.1) is 0 Å². The van der Waals surface area contributed by atoms with E-state index < -0.39 is 0 Å². The van der Waals surface area contributed by atoms with E-state index in [1.54, 1.807) is 18.5 Å². The Morgan fingerprint density at radius 3 is 2.62 bits per heavy atom. The first-order chi connectivity index (χ1) is 10.1. The maximum atomic E-state index is 12.1. The summed E-state index contributed by atoms with van der Waals surface area (Å²) in [6, 6.07) is 9.36. The van der Waals surface area contributed by atoms with Gasteiger partial charge in [0.15, 0.2) is 0 Å². The van der Waals surface area contributed by atoms with E-state index in [4.69, 9.17) is 0 Å². The van der Waals surface area contributed by atoms with Crippen molar-refractivity contribution in [2.45, 2.75) is 17.2 Å². The summed E-state index contributed by atoms with van der Waals surface area (Å²) in [6.45, 7) is 1.85. The van der Waals surface area contributed by atoms with Gasteiger partial charge >= 0.3 is 0 Å². The second kappa shape index (κ2) is 7.08. The number of carbonyl (C=O) groups is 1. The van der Waals surface area contributed by atoms with Crippen LogP contribution in [0.25, 0.3) is 0 Å². The molecule has 0 aromatic carbocycles. The first-order valence-corrected chi connectivity index (χ1v) is 7.46. The van der Waals surface area contributed by atoms with E-state index in [-0.39, 0.29) is 11.2 Å². The van der Waals surface area contributed by atoms with E-state index in [1.807, 2.05) is 50.2 Å². The van der Waals surface area contributed by atoms with E-state index in [0.717, 1.165) is 10.7 Å². The molecular weight excluding hydrogens is 284 g/mol. The molecule has 0 aliphatic carbocycles. The van der Waals surface area contributed by atoms with Crippen molar-refractivity contribution in [2.75, 3.05) is 24.3 Å². The van der Waals surface area contributed by atoms with Gasteiger partial charge < -0.3 is 10.2 Å². The maximum absolute atomic E-state index is 12.1. The Kier molecular flexibility index (Phi) is 5.16. The molecule has 1 N–H and O–H groups in total. The minimum atomic E-state index is -0.241. The molecule has 0 saturated carbocycles. The molecule has 1 amide bonds. The summed E-state index contributed by atoms with van der Waals surface area (Å²) in [5, 5.41) is 3.40. The Morgan fingerprint density at radius 1 is 1.24 bits per heavy atom. The molecule has 0 unspecified atom stereocenters. The predicted molar refractivity (Wildman–Crippen MR) is 86.7 cm³/mol. The van der Waals surface area contributed by atoms with Crippen molar-refractivity contribution in [1.29, 1.82) is 0 Å². The van der Waals surface area contributed by atoms with Crippen molar-refractivity contribution in [2.24, 2.45) is 0 Å². The van der Waals surface area contributed by atoms with Gasteiger partial charge in [0, 0.05) is 20.3 Å². The molecule has 0 spiro atoms. The van der Waals surface area contributed by atoms with E-state index in [0.29, 0.717) is 5.82 Å². The summed E-state index contributed by atoms with van der Waals surface area (Å²) < 4.78 is 0. The Hall–Kier alpha value is -2.08. The number of anilines is 2. The van der Waals surface area contributed by atoms with Gasteiger partial charge in [-0.05, 0) is 31.2 Å². The van der Waals surface area contributed by atoms with Gasteiger partial charge in [-0.1, -0.05) is 17.8 Å². The lowest BCUT2D eigenvalue weighted by Crippen LogP contribution is -2.23. The molecule has 2 heterocycles. The van der Waals surface area contributed by atoms with Gasteiger partial charge in [0.25, 0.3) is 0 Å². The Balaban J connectivity index is 1.94. The van der Waals surface area contributed by atoms with Crippen molar-refractivity contribution in [1.82, 2.24) is 9.97 Å². The number of pyridine rings is 2. The average molecular weight is 302 g/mol. The molecule has 1 atom stereocenters. The van der Waals surface area contributed by atoms with Crippen LogP contribution in [0.3, 0.4) is 0 Å². The fourth-order valence-electron chi connectivity index (χ4n) is 1.60. The second-order valence-electron chi connectivity index (χ2n) is 4.71. The number of thioether (sulfide) groups is 1. The van der Waals surface area contributed by atoms with Gasteiger partial charge in [-0.3, -0.25) is 4.79 Å². The van der Waals surface area contributed by atoms with Crippen LogP contribution < -0.4 is 10.2 Å². The molecule has 0 aliphatic heterocycles. The van der Waals surface area contributed by atoms with Crippen LogP contribution in [0.1, 0.15) is 6.92 Å². The summed E-state index contributed by atoms with van der Waals surface area (Å²) in [4.78, 5) is 22.5. The zero-order chi connectivity index (χ0) is 15.2. The third-order valence-electron chi connectivity index (χ3n) is 2.82. The first kappa shape index (κ1) is 15.3. The van der Waals surface area contributed by atoms with Gasteiger partial charge in [0.1, 0.15) is 5.82 Å². The number of hydrogen-bond acceptors (Lipinski definition) is 5. The lowest BCUT2D eigenvalue weighted by atomic mass is 10.3. The van der Waals surface area contributed by atoms with Crippen molar-refractivity contribution in [3.63, 3.8) is 0 Å². The number of nitrogens with one attached hydrogen (secondary N) is 1. The van der Waals surface area contributed by atoms with Crippen LogP contribution in [0.5, 0.6) is 0 Å². The number of nitrogens with zero attached hydrogens (tertiary/aromatic N) is 3. The van der Waals surface area contributed by atoms with Crippen LogP contribution in [0.15, 0.2) is 47.8 Å². The average Bonchev–Trinajstić information content (AvgIpc) is 2.48. The highest BCUT2D eigenvalue weighted by atomic mass is 32.2. The summed E-state index contributed by atoms with van der Waals surface area (Å²) in [5.41, 5.74) is 0.990. The van der Waals surface area contributed by atoms with Crippen molar-refractivity contribution >= 4 is 29.2 Å². The largest absolute Gasteiger partial charge is 0.376 e. The minimum Gasteiger partial charge on any atom is -0.376 e. The van der Waals surface area contributed by atoms with E-state index >= 15 is 0 Å². The monoisotopic (exact) mass is 302 g/mol. The van der Waals surface area contributed by atoms with Crippen molar-refractivity contribution < 1.29 is 4.79 Å². The number of rotatable bonds is 5. The zero-order valence-corrected chi connectivity index (χ0v) is 13.1. The molecule has 0 saturated heterocycles. The third-order valence-corrected chi connectivity index (χ3v) is 3.87. The molecule has 0 radical (unpaired) electrons. The van der Waals surface area contributed by atoms with E-state index in [2.05, 4.69) is 15.3 Å². The van der Waals surface area contributed by atoms with Crippen LogP contribution in [-0.2, 0) is 4.79 Å². The van der Waals surface area contributed by atoms with E-state index in [9.17, 15) is 4.79 Å². The molecule has 0 fully saturated rings. The number of aromatic nitrogens is 2. The van der Waals surface area contributed by atoms with Crippen molar-refractivity contribution in [3.8, 4) is 0 Å². The molecule has 6 heteroatoms. The molecule has 2 rings (SSSR count). The fourth-order valence-corrected chi connectivity index (χ4v) is 2.41. The van der Waals surface area contributed by atoms with Gasteiger partial charge in [-0.2, -0.15) is 0 Å². The predicted octanol–water partition coefficient (Wildman–Crippen LogP) is 2.66. The highest BCUT2D eigenvalue weighted by molar-refractivity contribution is 8.00. The molecule has 0 bridgehead atoms. The van der Waals surface area contributed by atoms with Crippen LogP contribution in [0.4, 0.5) is 11.5 Å². The lowest BCUT2D eigenvalue weighted by molar-refractivity contribution is -0.115. The standard InChI is InChI=1S/C15H18N4OS/c1-11(21-14-6-4-5-9-16-14)15(20)18-13-8-7-12(10-17-13)19(2)3/h4-11H,1-3H3,(H,17,18,20)/t11-/m1/s1. The number of carbonyl (C=O) groups excluding carboxylic acids is 1. The van der Waals surface area contributed by atoms with Crippen molar-refractivity contribution in [3.05, 3.63) is 42.7 Å². The van der Waals surface area contributed by atoms with Crippen LogP contribution in [0, 0.1) is 0 Å². The summed E-state index contributed by atoms with van der Waals surface area (Å²) in [6.07, 6.45) is 3.45. The van der Waals surface area contributed by atoms with Gasteiger partial charge in [0.2, 0.25) is 5.91 Å². The molecule has 110 valence electrons. The quantitative estimate of drug-likeness (QED) is 0.861. The maximum Gasteiger partial charge on any atom is 0.238 e. The topological polar surface area (TPSA) is 58.1 Å². The number of hydrogen-bond donors (Lipinski definition) is 1. The summed E-state index contributed by atoms with van der Waals surface area (Å²) >= 11 is 1.42. The lowest BCUT2D eigenvalue weighted by Gasteiger charge is -2.13. The molecule has 2 aromatic heterocycles. The molecule has 5 nitrogen and oxygen atoms in total. The van der Waals surface area contributed by atoms with Crippen LogP contribution >= 0.6 is 11.8 Å². The van der Waals surface area contributed by atoms with E-state index in [1.165, 1.54) is 11.8 Å². The normalized spacial score (nSPS) is 11.8. The van der Waals surface area contributed by atoms with Gasteiger partial charge in [-0.25, -0.2) is 9.97 Å². The Labute approximate surface area is 128 Å². The second-order valence-corrected chi connectivity index (χ2v) is 6.07. The Bertz CT molecular complexity index is 586. The fraction of sp³-hybridized carbons (Fsp3) is 0.267. The number of amides is 1. The minimum absolute atomic E-state index is 0.0873. The smallest absolute Gasteiger partial charge is 0.238 e. The van der Waals surface area contributed by atoms with Crippen LogP contribution in [-0.4, -0.2) is 35.2 Å². The summed E-state index contributed by atoms with van der Waals surface area (Å²) in [5.74, 6) is 0.467. The molecular formula is C15H18N4OS. The Morgan fingerprint density at radius 2 is 2.05 bits per heavy atom. The highest BCUT2D eigenvalue weighted by Crippen LogP contribution is 2.21. The third kappa shape index (κ3) is 4.46. The molecule has 21 heavy (non-hydrogen) atoms. The highest BCUT2D eigenvalue weighted by Gasteiger charge is 2.15. The molecule has 0 aliphatic rings. The molecule has 2 aromatic rings. The van der Waals surface area contributed by atoms with Crippen LogP contribution in [0.2, 0.25) is 0 Å². The zero-order valence-electron chi connectivity index (χ0n) is 12.3. The summed E-state index contributed by atoms with van der Waals surface area (Å²) in [7, 11) is 3.89. The SMILES string of the molecule is C[C@@H](Sc1ccccn1)C(=O)Nc1ccc(N(C)C)cn1. The first-order valence-electron chi connectivity index (χ1n) is 6.58. The van der Waals surface area contributed by atoms with Gasteiger partial charge in [0.05, 0.1) is 22.2 Å².